The van der Waals surface area contributed by atoms with Gasteiger partial charge in [-0.1, -0.05) is 0 Å². The SMILES string of the molecule is CC(=N)N1CCC(ONC(=O)[C@@H]2CC[C@@H]3CN2C(=O)N3OS(=O)(=O)O)CC1. The number of likely N-dealkylation sites (tertiary alicyclic amines) is 1. The van der Waals surface area contributed by atoms with Crippen LogP contribution in [0.1, 0.15) is 32.6 Å². The van der Waals surface area contributed by atoms with Gasteiger partial charge in [-0.3, -0.25) is 19.6 Å². The molecule has 3 amide bonds. The fourth-order valence-electron chi connectivity index (χ4n) is 3.62. The maximum Gasteiger partial charge on any atom is 0.418 e. The number of amidine groups is 1. The molecular weight excluding hydrogens is 382 g/mol. The molecule has 3 rings (SSSR count). The van der Waals surface area contributed by atoms with Crippen LogP contribution in [0.5, 0.6) is 0 Å². The Hall–Kier alpha value is -1.96. The van der Waals surface area contributed by atoms with Crippen LogP contribution in [0.2, 0.25) is 0 Å². The van der Waals surface area contributed by atoms with Crippen LogP contribution in [0.15, 0.2) is 0 Å². The third-order valence-corrected chi connectivity index (χ3v) is 5.39. The predicted molar refractivity (Wildman–Crippen MR) is 90.6 cm³/mol. The van der Waals surface area contributed by atoms with Crippen molar-refractivity contribution < 1.29 is 31.7 Å². The van der Waals surface area contributed by atoms with Gasteiger partial charge in [0, 0.05) is 19.6 Å². The van der Waals surface area contributed by atoms with E-state index in [-0.39, 0.29) is 12.6 Å². The van der Waals surface area contributed by atoms with Gasteiger partial charge < -0.3 is 9.80 Å². The molecule has 12 nitrogen and oxygen atoms in total. The highest BCUT2D eigenvalue weighted by Gasteiger charge is 2.49. The highest BCUT2D eigenvalue weighted by atomic mass is 32.3. The summed E-state index contributed by atoms with van der Waals surface area (Å²) in [6.45, 7) is 3.20. The second kappa shape index (κ2) is 7.58. The van der Waals surface area contributed by atoms with E-state index in [1.807, 2.05) is 4.90 Å². The number of urea groups is 1. The van der Waals surface area contributed by atoms with Gasteiger partial charge in [-0.15, -0.1) is 4.28 Å². The number of carbonyl (C=O) groups excluding carboxylic acids is 2. The van der Waals surface area contributed by atoms with Crippen molar-refractivity contribution in [2.45, 2.75) is 50.8 Å². The van der Waals surface area contributed by atoms with Gasteiger partial charge in [0.05, 0.1) is 18.0 Å². The van der Waals surface area contributed by atoms with E-state index >= 15 is 0 Å². The Morgan fingerprint density at radius 3 is 2.52 bits per heavy atom. The molecule has 0 aromatic carbocycles. The van der Waals surface area contributed by atoms with Crippen LogP contribution >= 0.6 is 0 Å². The van der Waals surface area contributed by atoms with Crippen molar-refractivity contribution in [3.8, 4) is 0 Å². The number of rotatable bonds is 5. The van der Waals surface area contributed by atoms with Crippen molar-refractivity contribution >= 4 is 28.2 Å². The molecular formula is C14H23N5O7S. The van der Waals surface area contributed by atoms with E-state index < -0.39 is 34.4 Å². The Morgan fingerprint density at radius 2 is 1.93 bits per heavy atom. The molecule has 3 fully saturated rings. The molecule has 0 unspecified atom stereocenters. The van der Waals surface area contributed by atoms with Crippen molar-refractivity contribution in [1.29, 1.82) is 5.41 Å². The van der Waals surface area contributed by atoms with Gasteiger partial charge in [-0.05, 0) is 32.6 Å². The van der Waals surface area contributed by atoms with E-state index in [1.165, 1.54) is 4.90 Å². The first kappa shape index (κ1) is 19.8. The summed E-state index contributed by atoms with van der Waals surface area (Å²) < 4.78 is 34.9. The first-order chi connectivity index (χ1) is 12.7. The Bertz CT molecular complexity index is 721. The van der Waals surface area contributed by atoms with Crippen LogP contribution in [0, 0.1) is 5.41 Å². The average Bonchev–Trinajstić information content (AvgIpc) is 2.83. The summed E-state index contributed by atoms with van der Waals surface area (Å²) >= 11 is 0. The molecule has 13 heteroatoms. The second-order valence-corrected chi connectivity index (χ2v) is 7.87. The number of carbonyl (C=O) groups is 2. The van der Waals surface area contributed by atoms with Gasteiger partial charge in [0.1, 0.15) is 6.04 Å². The van der Waals surface area contributed by atoms with Crippen molar-refractivity contribution in [2.75, 3.05) is 19.6 Å². The lowest BCUT2D eigenvalue weighted by Crippen LogP contribution is -2.51. The maximum absolute atomic E-state index is 12.4. The van der Waals surface area contributed by atoms with Crippen LogP contribution in [0.4, 0.5) is 4.79 Å². The molecule has 3 saturated heterocycles. The summed E-state index contributed by atoms with van der Waals surface area (Å²) in [6.07, 6.45) is 1.84. The fourth-order valence-corrected chi connectivity index (χ4v) is 4.01. The largest absolute Gasteiger partial charge is 0.418 e. The Morgan fingerprint density at radius 1 is 1.26 bits per heavy atom. The minimum Gasteiger partial charge on any atom is -0.361 e. The van der Waals surface area contributed by atoms with Crippen LogP contribution in [0.3, 0.4) is 0 Å². The number of hydroxylamine groups is 3. The number of hydrogen-bond acceptors (Lipinski definition) is 7. The van der Waals surface area contributed by atoms with E-state index in [0.29, 0.717) is 49.7 Å². The van der Waals surface area contributed by atoms with E-state index in [1.54, 1.807) is 6.92 Å². The van der Waals surface area contributed by atoms with Crippen molar-refractivity contribution in [2.24, 2.45) is 0 Å². The third-order valence-electron chi connectivity index (χ3n) is 5.04. The minimum absolute atomic E-state index is 0.128. The molecule has 27 heavy (non-hydrogen) atoms. The zero-order valence-corrected chi connectivity index (χ0v) is 15.6. The average molecular weight is 405 g/mol. The summed E-state index contributed by atoms with van der Waals surface area (Å²) in [4.78, 5) is 33.3. The van der Waals surface area contributed by atoms with Crippen molar-refractivity contribution in [1.82, 2.24) is 20.3 Å². The lowest BCUT2D eigenvalue weighted by atomic mass is 10.0. The minimum atomic E-state index is -4.82. The normalized spacial score (nSPS) is 26.4. The molecule has 3 N–H and O–H groups in total. The van der Waals surface area contributed by atoms with E-state index in [4.69, 9.17) is 14.8 Å². The molecule has 0 radical (unpaired) electrons. The number of nitrogens with zero attached hydrogens (tertiary/aromatic N) is 3. The number of fused-ring (bicyclic) bond motifs is 2. The summed E-state index contributed by atoms with van der Waals surface area (Å²) in [5.41, 5.74) is 2.40. The Kier molecular flexibility index (Phi) is 5.55. The first-order valence-electron chi connectivity index (χ1n) is 8.68. The van der Waals surface area contributed by atoms with Crippen LogP contribution < -0.4 is 5.48 Å². The molecule has 2 bridgehead atoms. The predicted octanol–water partition coefficient (Wildman–Crippen LogP) is -0.501. The summed E-state index contributed by atoms with van der Waals surface area (Å²) in [5.74, 6) is 0.0135. The van der Waals surface area contributed by atoms with Gasteiger partial charge in [0.2, 0.25) is 0 Å². The summed E-state index contributed by atoms with van der Waals surface area (Å²) in [7, 11) is -4.82. The number of piperidine rings is 2. The second-order valence-electron chi connectivity index (χ2n) is 6.87. The molecule has 3 aliphatic rings. The standard InChI is InChI=1S/C14H23N5O7S/c1-9(15)17-6-4-11(5-7-17)25-16-13(20)12-3-2-10-8-18(12)14(21)19(10)26-27(22,23)24/h10-12,15H,2-8H2,1H3,(H,16,20)(H,22,23,24)/t10-,12+/m1/s1. The van der Waals surface area contributed by atoms with E-state index in [2.05, 4.69) is 9.76 Å². The summed E-state index contributed by atoms with van der Waals surface area (Å²) in [6, 6.07) is -2.13. The van der Waals surface area contributed by atoms with Gasteiger partial charge in [0.15, 0.2) is 0 Å². The molecule has 152 valence electrons. The lowest BCUT2D eigenvalue weighted by Gasteiger charge is -2.33. The van der Waals surface area contributed by atoms with Gasteiger partial charge in [-0.2, -0.15) is 13.5 Å². The monoisotopic (exact) mass is 405 g/mol. The molecule has 0 aromatic heterocycles. The molecule has 0 aliphatic carbocycles. The maximum atomic E-state index is 12.4. The molecule has 2 atom stereocenters. The number of hydrogen-bond donors (Lipinski definition) is 3. The van der Waals surface area contributed by atoms with Gasteiger partial charge in [-0.25, -0.2) is 10.3 Å². The van der Waals surface area contributed by atoms with E-state index in [0.717, 1.165) is 0 Å². The first-order valence-corrected chi connectivity index (χ1v) is 10.0. The molecule has 0 spiro atoms. The highest BCUT2D eigenvalue weighted by Crippen LogP contribution is 2.30. The van der Waals surface area contributed by atoms with Crippen molar-refractivity contribution in [3.05, 3.63) is 0 Å². The highest BCUT2D eigenvalue weighted by molar-refractivity contribution is 7.80. The molecule has 3 heterocycles. The molecule has 0 saturated carbocycles. The quantitative estimate of drug-likeness (QED) is 0.239. The van der Waals surface area contributed by atoms with Crippen molar-refractivity contribution in [3.63, 3.8) is 0 Å². The van der Waals surface area contributed by atoms with Crippen LogP contribution in [-0.2, 0) is 24.3 Å². The molecule has 0 aromatic rings. The Balaban J connectivity index is 1.51. The third kappa shape index (κ3) is 4.48. The topological polar surface area (TPSA) is 153 Å². The fraction of sp³-hybridized carbons (Fsp3) is 0.786. The van der Waals surface area contributed by atoms with Crippen LogP contribution in [-0.4, -0.2) is 83.4 Å². The number of nitrogens with one attached hydrogen (secondary N) is 2. The summed E-state index contributed by atoms with van der Waals surface area (Å²) in [5, 5.41) is 8.20. The smallest absolute Gasteiger partial charge is 0.361 e. The van der Waals surface area contributed by atoms with Crippen LogP contribution in [0.25, 0.3) is 0 Å². The van der Waals surface area contributed by atoms with E-state index in [9.17, 15) is 18.0 Å². The zero-order chi connectivity index (χ0) is 19.8. The number of amides is 3. The Labute approximate surface area is 156 Å². The molecule has 3 aliphatic heterocycles. The van der Waals surface area contributed by atoms with Gasteiger partial charge in [0.25, 0.3) is 5.91 Å². The lowest BCUT2D eigenvalue weighted by molar-refractivity contribution is -0.145. The zero-order valence-electron chi connectivity index (χ0n) is 14.8. The van der Waals surface area contributed by atoms with Gasteiger partial charge >= 0.3 is 16.4 Å².